The Morgan fingerprint density at radius 1 is 0.882 bits per heavy atom. The van der Waals surface area contributed by atoms with Crippen LogP contribution in [-0.4, -0.2) is 31.4 Å². The Labute approximate surface area is 116 Å². The second-order valence-corrected chi connectivity index (χ2v) is 2.85. The van der Waals surface area contributed by atoms with Gasteiger partial charge in [0.15, 0.2) is 0 Å². The van der Waals surface area contributed by atoms with Crippen LogP contribution in [0.4, 0.5) is 0 Å². The summed E-state index contributed by atoms with van der Waals surface area (Å²) >= 11 is 1.06. The van der Waals surface area contributed by atoms with Gasteiger partial charge in [-0.05, 0) is 13.8 Å². The van der Waals surface area contributed by atoms with E-state index in [1.165, 1.54) is 39.8 Å². The third-order valence-electron chi connectivity index (χ3n) is 0.836. The van der Waals surface area contributed by atoms with E-state index >= 15 is 0 Å². The van der Waals surface area contributed by atoms with Gasteiger partial charge in [-0.25, -0.2) is 0 Å². The van der Waals surface area contributed by atoms with Crippen molar-refractivity contribution in [2.75, 3.05) is 0 Å². The summed E-state index contributed by atoms with van der Waals surface area (Å²) in [4.78, 5) is 16.8. The molecule has 0 fully saturated rings. The fourth-order valence-corrected chi connectivity index (χ4v) is 0.605. The molecular weight excluding hydrogens is 287 g/mol. The summed E-state index contributed by atoms with van der Waals surface area (Å²) in [6, 6.07) is 0. The number of hydrogen-bond donors (Lipinski definition) is 2. The van der Waals surface area contributed by atoms with Gasteiger partial charge in [0.2, 0.25) is 0 Å². The predicted octanol–water partition coefficient (Wildman–Crippen LogP) is 2.33. The van der Waals surface area contributed by atoms with Gasteiger partial charge in [0.1, 0.15) is 0 Å². The van der Waals surface area contributed by atoms with E-state index in [1.54, 1.807) is 0 Å². The van der Waals surface area contributed by atoms with Gasteiger partial charge in [0.25, 0.3) is 0 Å². The molecule has 0 aliphatic heterocycles. The number of hydrogen-bond acceptors (Lipinski definition) is 3. The van der Waals surface area contributed by atoms with E-state index in [9.17, 15) is 0 Å². The summed E-state index contributed by atoms with van der Waals surface area (Å²) in [6.45, 7) is 6.00. The first-order valence-corrected chi connectivity index (χ1v) is 4.80. The van der Waals surface area contributed by atoms with Gasteiger partial charge in [0.05, 0.1) is 37.5 Å². The molecule has 97 valence electrons. The monoisotopic (exact) mass is 305 g/mol. The molecule has 0 aromatic rings. The van der Waals surface area contributed by atoms with Crippen LogP contribution in [0.3, 0.4) is 0 Å². The topological polar surface area (TPSA) is 100 Å². The molecule has 0 saturated heterocycles. The van der Waals surface area contributed by atoms with Crippen molar-refractivity contribution in [1.82, 2.24) is 0 Å². The van der Waals surface area contributed by atoms with E-state index in [0.29, 0.717) is 0 Å². The molecule has 0 aromatic heterocycles. The van der Waals surface area contributed by atoms with Crippen LogP contribution in [0.15, 0.2) is 23.7 Å². The van der Waals surface area contributed by atoms with Crippen molar-refractivity contribution in [3.63, 3.8) is 0 Å². The second-order valence-electron chi connectivity index (χ2n) is 2.85. The van der Waals surface area contributed by atoms with Crippen molar-refractivity contribution in [2.24, 2.45) is 0 Å². The van der Waals surface area contributed by atoms with E-state index < -0.39 is 0 Å². The van der Waals surface area contributed by atoms with Crippen LogP contribution in [0.2, 0.25) is 0 Å². The fraction of sp³-hybridized carbons (Fsp3) is 0.400. The molecule has 0 rings (SSSR count). The molecule has 0 heterocycles. The minimum atomic E-state index is 0. The van der Waals surface area contributed by atoms with Gasteiger partial charge < -0.3 is 10.2 Å². The van der Waals surface area contributed by atoms with Gasteiger partial charge in [0, 0.05) is 0 Å². The number of allylic oxidation sites excluding steroid dienone is 4. The van der Waals surface area contributed by atoms with Crippen molar-refractivity contribution in [3.8, 4) is 0 Å². The molecular formula is C10H19ClO5V+4. The fourth-order valence-electron chi connectivity index (χ4n) is 0.605. The molecule has 0 bridgehead atoms. The van der Waals surface area contributed by atoms with E-state index in [2.05, 4.69) is 0 Å². The summed E-state index contributed by atoms with van der Waals surface area (Å²) in [6.07, 6.45) is 2.56. The molecule has 0 unspecified atom stereocenters. The minimum absolute atomic E-state index is 0. The van der Waals surface area contributed by atoms with Crippen molar-refractivity contribution in [2.45, 2.75) is 27.7 Å². The Balaban J connectivity index is -0.0000000823. The van der Waals surface area contributed by atoms with E-state index in [0.717, 1.165) is 17.4 Å². The van der Waals surface area contributed by atoms with Crippen LogP contribution in [0, 0.1) is 0 Å². The Morgan fingerprint density at radius 3 is 1.06 bits per heavy atom. The Bertz CT molecular complexity index is 250. The Hall–Kier alpha value is -0.906. The number of aliphatic hydroxyl groups is 2. The van der Waals surface area contributed by atoms with Crippen molar-refractivity contribution >= 4 is 24.0 Å². The molecule has 7 heteroatoms. The summed E-state index contributed by atoms with van der Waals surface area (Å²) in [5.74, 6) is 0.500. The van der Waals surface area contributed by atoms with Gasteiger partial charge in [-0.1, -0.05) is 0 Å². The molecule has 0 amide bonds. The van der Waals surface area contributed by atoms with Crippen LogP contribution in [-0.2, 0) is 21.0 Å². The van der Waals surface area contributed by atoms with Gasteiger partial charge in [-0.15, -0.1) is 12.4 Å². The van der Waals surface area contributed by atoms with Crippen LogP contribution in [0.25, 0.3) is 0 Å². The normalized spacial score (nSPS) is 9.76. The molecule has 0 spiro atoms. The quantitative estimate of drug-likeness (QED) is 0.465. The van der Waals surface area contributed by atoms with Crippen molar-refractivity contribution in [1.29, 1.82) is 0 Å². The van der Waals surface area contributed by atoms with E-state index in [-0.39, 0.29) is 35.5 Å². The summed E-state index contributed by atoms with van der Waals surface area (Å²) < 4.78 is 8.19. The van der Waals surface area contributed by atoms with Crippen LogP contribution < -0.4 is 0 Å². The van der Waals surface area contributed by atoms with Crippen molar-refractivity contribution in [3.05, 3.63) is 23.7 Å². The number of carbonyl (C=O) groups excluding carboxylic acids is 2. The van der Waals surface area contributed by atoms with Crippen LogP contribution >= 0.6 is 12.4 Å². The third-order valence-corrected chi connectivity index (χ3v) is 0.836. The van der Waals surface area contributed by atoms with Gasteiger partial charge in [-0.2, -0.15) is 0 Å². The number of rotatable bonds is 2. The van der Waals surface area contributed by atoms with E-state index in [1.807, 2.05) is 0 Å². The standard InChI is InChI=1S/2C5H8O2.ClH.O.V/c2*1-4(6)3-5(2)7;;;/h2*3,6H,1-2H3;1H;;/q;;;;+2/p+2/b2*4-3-;;;. The Morgan fingerprint density at radius 2 is 1.06 bits per heavy atom. The zero-order chi connectivity index (χ0) is 13.7. The van der Waals surface area contributed by atoms with Crippen LogP contribution in [0.1, 0.15) is 27.7 Å². The summed E-state index contributed by atoms with van der Waals surface area (Å²) in [7, 11) is 0. The second kappa shape index (κ2) is 17.5. The first kappa shape index (κ1) is 25.1. The molecule has 17 heavy (non-hydrogen) atoms. The van der Waals surface area contributed by atoms with Crippen molar-refractivity contribution < 1.29 is 40.8 Å². The molecule has 0 aromatic carbocycles. The number of ketones is 2. The first-order valence-electron chi connectivity index (χ1n) is 4.23. The molecule has 0 radical (unpaired) electrons. The zero-order valence-corrected chi connectivity index (χ0v) is 12.4. The molecule has 0 saturated carbocycles. The van der Waals surface area contributed by atoms with Crippen LogP contribution in [0.5, 0.6) is 0 Å². The average molecular weight is 306 g/mol. The predicted molar refractivity (Wildman–Crippen MR) is 65.9 cm³/mol. The maximum atomic E-state index is 8.40. The SMILES string of the molecule is CC(=[OH+])/C=C(/C)O.CC(=[OH+])/C=C(/C)O.Cl.[O]=[V+2]. The van der Waals surface area contributed by atoms with Gasteiger partial charge >= 0.3 is 32.6 Å². The number of aliphatic hydroxyl groups excluding tert-OH is 2. The Kier molecular flexibility index (Phi) is 25.8. The molecule has 4 N–H and O–H groups in total. The number of halogens is 1. The molecule has 5 nitrogen and oxygen atoms in total. The summed E-state index contributed by atoms with van der Waals surface area (Å²) in [5.41, 5.74) is 0. The average Bonchev–Trinajstić information content (AvgIpc) is 2.03. The van der Waals surface area contributed by atoms with E-state index in [4.69, 9.17) is 23.5 Å². The molecule has 0 atom stereocenters. The third kappa shape index (κ3) is 51.4. The molecule has 0 aliphatic carbocycles. The zero-order valence-electron chi connectivity index (χ0n) is 10.2. The molecule has 0 aliphatic rings. The maximum absolute atomic E-state index is 8.40. The van der Waals surface area contributed by atoms with Gasteiger partial charge in [-0.3, -0.25) is 9.59 Å². The first-order chi connectivity index (χ1) is 7.25. The summed E-state index contributed by atoms with van der Waals surface area (Å²) in [5, 5.41) is 16.8.